The van der Waals surface area contributed by atoms with Crippen LogP contribution >= 0.6 is 11.6 Å². The van der Waals surface area contributed by atoms with Gasteiger partial charge in [0.05, 0.1) is 4.92 Å². The fourth-order valence-corrected chi connectivity index (χ4v) is 2.30. The molecule has 0 aliphatic heterocycles. The zero-order valence-electron chi connectivity index (χ0n) is 13.4. The van der Waals surface area contributed by atoms with E-state index in [1.807, 2.05) is 0 Å². The first-order chi connectivity index (χ1) is 12.6. The van der Waals surface area contributed by atoms with E-state index >= 15 is 0 Å². The smallest absolute Gasteiger partial charge is 0.434 e. The van der Waals surface area contributed by atoms with Crippen LogP contribution in [0, 0.1) is 17.0 Å². The molecule has 0 saturated carbocycles. The molecule has 0 bridgehead atoms. The summed E-state index contributed by atoms with van der Waals surface area (Å²) in [6, 6.07) is 2.84. The minimum atomic E-state index is -4.78. The van der Waals surface area contributed by atoms with Gasteiger partial charge in [-0.25, -0.2) is 4.79 Å². The van der Waals surface area contributed by atoms with E-state index in [1.165, 1.54) is 0 Å². The second-order valence-electron chi connectivity index (χ2n) is 4.79. The molecule has 0 aliphatic rings. The molecule has 1 aromatic heterocycles. The van der Waals surface area contributed by atoms with Crippen LogP contribution in [0.1, 0.15) is 16.1 Å². The summed E-state index contributed by atoms with van der Waals surface area (Å²) in [5.74, 6) is -2.04. The van der Waals surface area contributed by atoms with Crippen LogP contribution in [0.5, 0.6) is 11.6 Å². The summed E-state index contributed by atoms with van der Waals surface area (Å²) in [5.41, 5.74) is -2.42. The highest BCUT2D eigenvalue weighted by molar-refractivity contribution is 6.32. The molecular weight excluding hydrogens is 397 g/mol. The van der Waals surface area contributed by atoms with Crippen molar-refractivity contribution in [3.63, 3.8) is 0 Å². The van der Waals surface area contributed by atoms with Crippen molar-refractivity contribution in [1.29, 1.82) is 0 Å². The molecule has 1 radical (unpaired) electrons. The van der Waals surface area contributed by atoms with E-state index in [-0.39, 0.29) is 5.75 Å². The summed E-state index contributed by atoms with van der Waals surface area (Å²) < 4.78 is 44.4. The molecule has 0 aliphatic carbocycles. The van der Waals surface area contributed by atoms with Crippen LogP contribution in [0.3, 0.4) is 0 Å². The van der Waals surface area contributed by atoms with E-state index in [9.17, 15) is 28.1 Å². The zero-order valence-corrected chi connectivity index (χ0v) is 14.1. The standard InChI is InChI=1S/C14H9ClF3N4O5/c1-3-19-27-13(23)8-6-7(4-5-9(8)22(24)25)26-12-10(15)11(14(16,17)18)21(2)20-12/h3-6H,1H2,2H3. The van der Waals surface area contributed by atoms with Gasteiger partial charge in [0.1, 0.15) is 16.3 Å². The van der Waals surface area contributed by atoms with E-state index < -0.39 is 44.9 Å². The number of hydrogen-bond acceptors (Lipinski definition) is 7. The van der Waals surface area contributed by atoms with Gasteiger partial charge in [0.15, 0.2) is 5.69 Å². The average molecular weight is 406 g/mol. The number of nitro groups is 1. The molecule has 0 N–H and O–H groups in total. The van der Waals surface area contributed by atoms with Crippen molar-refractivity contribution in [2.45, 2.75) is 6.18 Å². The van der Waals surface area contributed by atoms with E-state index in [0.29, 0.717) is 4.68 Å². The third-order valence-corrected chi connectivity index (χ3v) is 3.38. The van der Waals surface area contributed by atoms with Gasteiger partial charge in [-0.15, -0.1) is 5.10 Å². The lowest BCUT2D eigenvalue weighted by Crippen LogP contribution is -2.12. The molecule has 0 unspecified atom stereocenters. The number of hydrogen-bond donors (Lipinski definition) is 0. The molecule has 0 saturated heterocycles. The number of aryl methyl sites for hydroxylation is 1. The number of aromatic nitrogens is 2. The Kier molecular flexibility index (Phi) is 5.69. The molecule has 2 aromatic rings. The Morgan fingerprint density at radius 1 is 1.48 bits per heavy atom. The molecule has 0 amide bonds. The number of benzene rings is 1. The topological polar surface area (TPSA) is 109 Å². The first kappa shape index (κ1) is 20.2. The Labute approximate surface area is 154 Å². The van der Waals surface area contributed by atoms with Crippen LogP contribution in [0.2, 0.25) is 5.02 Å². The predicted octanol–water partition coefficient (Wildman–Crippen LogP) is 3.77. The van der Waals surface area contributed by atoms with Gasteiger partial charge in [-0.3, -0.25) is 14.8 Å². The van der Waals surface area contributed by atoms with Crippen LogP contribution in [-0.2, 0) is 18.1 Å². The highest BCUT2D eigenvalue weighted by Crippen LogP contribution is 2.40. The summed E-state index contributed by atoms with van der Waals surface area (Å²) in [6.07, 6.45) is -3.90. The van der Waals surface area contributed by atoms with E-state index in [4.69, 9.17) is 16.3 Å². The van der Waals surface area contributed by atoms with Crippen molar-refractivity contribution in [1.82, 2.24) is 9.78 Å². The van der Waals surface area contributed by atoms with Crippen molar-refractivity contribution in [3.05, 3.63) is 51.5 Å². The van der Waals surface area contributed by atoms with E-state index in [2.05, 4.69) is 22.0 Å². The van der Waals surface area contributed by atoms with Gasteiger partial charge in [-0.05, 0) is 13.0 Å². The molecule has 27 heavy (non-hydrogen) atoms. The third kappa shape index (κ3) is 4.34. The second-order valence-corrected chi connectivity index (χ2v) is 5.17. The molecule has 2 rings (SSSR count). The molecular formula is C14H9ClF3N4O5. The Hall–Kier alpha value is -3.15. The van der Waals surface area contributed by atoms with Gasteiger partial charge < -0.3 is 9.57 Å². The molecule has 1 aromatic carbocycles. The summed E-state index contributed by atoms with van der Waals surface area (Å²) >= 11 is 5.66. The maximum absolute atomic E-state index is 12.9. The maximum atomic E-state index is 12.9. The number of nitro benzene ring substituents is 1. The van der Waals surface area contributed by atoms with Gasteiger partial charge in [-0.1, -0.05) is 16.8 Å². The van der Waals surface area contributed by atoms with Gasteiger partial charge in [0.25, 0.3) is 11.6 Å². The lowest BCUT2D eigenvalue weighted by molar-refractivity contribution is -0.385. The minimum absolute atomic E-state index is 0.236. The molecule has 143 valence electrons. The van der Waals surface area contributed by atoms with Gasteiger partial charge in [0, 0.05) is 25.4 Å². The van der Waals surface area contributed by atoms with E-state index in [0.717, 1.165) is 31.5 Å². The van der Waals surface area contributed by atoms with Crippen molar-refractivity contribution >= 4 is 29.5 Å². The molecule has 1 heterocycles. The molecule has 0 atom stereocenters. The van der Waals surface area contributed by atoms with Gasteiger partial charge in [-0.2, -0.15) is 13.2 Å². The SMILES string of the molecule is [CH2]C=NOC(=O)c1cc(Oc2nn(C)c(C(F)(F)F)c2Cl)ccc1[N+](=O)[O-]. The summed E-state index contributed by atoms with van der Waals surface area (Å²) in [4.78, 5) is 26.4. The minimum Gasteiger partial charge on any atom is -0.436 e. The Bertz CT molecular complexity index is 926. The lowest BCUT2D eigenvalue weighted by Gasteiger charge is -2.06. The van der Waals surface area contributed by atoms with Crippen molar-refractivity contribution < 1.29 is 32.5 Å². The van der Waals surface area contributed by atoms with Crippen LogP contribution in [0.4, 0.5) is 18.9 Å². The predicted molar refractivity (Wildman–Crippen MR) is 85.7 cm³/mol. The second kappa shape index (κ2) is 7.61. The van der Waals surface area contributed by atoms with Crippen LogP contribution in [-0.4, -0.2) is 26.9 Å². The maximum Gasteiger partial charge on any atom is 0.434 e. The largest absolute Gasteiger partial charge is 0.436 e. The Morgan fingerprint density at radius 2 is 2.15 bits per heavy atom. The number of carbonyl (C=O) groups excluding carboxylic acids is 1. The Balaban J connectivity index is 2.44. The van der Waals surface area contributed by atoms with Gasteiger partial charge in [0.2, 0.25) is 0 Å². The number of halogens is 4. The number of oxime groups is 1. The average Bonchev–Trinajstić information content (AvgIpc) is 2.85. The highest BCUT2D eigenvalue weighted by Gasteiger charge is 2.39. The molecule has 9 nitrogen and oxygen atoms in total. The normalized spacial score (nSPS) is 11.6. The fourth-order valence-electron chi connectivity index (χ4n) is 1.99. The van der Waals surface area contributed by atoms with Crippen molar-refractivity contribution in [3.8, 4) is 11.6 Å². The van der Waals surface area contributed by atoms with E-state index in [1.54, 1.807) is 0 Å². The zero-order chi connectivity index (χ0) is 20.4. The number of carbonyl (C=O) groups is 1. The summed E-state index contributed by atoms with van der Waals surface area (Å²) in [6.45, 7) is 3.18. The number of nitrogens with zero attached hydrogens (tertiary/aromatic N) is 4. The van der Waals surface area contributed by atoms with Gasteiger partial charge >= 0.3 is 12.1 Å². The van der Waals surface area contributed by atoms with Crippen molar-refractivity contribution in [2.24, 2.45) is 12.2 Å². The van der Waals surface area contributed by atoms with Crippen LogP contribution < -0.4 is 4.74 Å². The highest BCUT2D eigenvalue weighted by atomic mass is 35.5. The number of ether oxygens (including phenoxy) is 1. The quantitative estimate of drug-likeness (QED) is 0.324. The molecule has 13 heteroatoms. The van der Waals surface area contributed by atoms with Crippen molar-refractivity contribution in [2.75, 3.05) is 0 Å². The molecule has 0 fully saturated rings. The Morgan fingerprint density at radius 3 is 2.67 bits per heavy atom. The van der Waals surface area contributed by atoms with Crippen LogP contribution in [0.25, 0.3) is 0 Å². The van der Waals surface area contributed by atoms with Crippen LogP contribution in [0.15, 0.2) is 23.4 Å². The monoisotopic (exact) mass is 405 g/mol. The fraction of sp³-hybridized carbons (Fsp3) is 0.143. The molecule has 0 spiro atoms. The third-order valence-electron chi connectivity index (χ3n) is 3.04. The number of alkyl halides is 3. The summed E-state index contributed by atoms with van der Waals surface area (Å²) in [7, 11) is 1.01. The lowest BCUT2D eigenvalue weighted by atomic mass is 10.1. The first-order valence-corrected chi connectivity index (χ1v) is 7.22. The first-order valence-electron chi connectivity index (χ1n) is 6.84. The number of rotatable bonds is 5. The summed E-state index contributed by atoms with van der Waals surface area (Å²) in [5, 5.41) is 16.8.